The molecule has 0 aliphatic carbocycles. The average Bonchev–Trinajstić information content (AvgIpc) is 2.55. The number of carbonyl (C=O) groups excluding carboxylic acids is 1. The first-order chi connectivity index (χ1) is 11.1. The van der Waals surface area contributed by atoms with E-state index in [1.807, 2.05) is 0 Å². The van der Waals surface area contributed by atoms with Gasteiger partial charge in [0.15, 0.2) is 0 Å². The van der Waals surface area contributed by atoms with Crippen LogP contribution in [0.5, 0.6) is 5.75 Å². The lowest BCUT2D eigenvalue weighted by molar-refractivity contribution is -0.385. The molecular weight excluding hydrogens is 298 g/mol. The van der Waals surface area contributed by atoms with E-state index >= 15 is 0 Å². The number of nitrogens with one attached hydrogen (secondary N) is 1. The van der Waals surface area contributed by atoms with Gasteiger partial charge in [-0.3, -0.25) is 15.0 Å². The van der Waals surface area contributed by atoms with Gasteiger partial charge in [0, 0.05) is 12.6 Å². The largest absolute Gasteiger partial charge is 0.506 e. The molecule has 3 rings (SSSR count). The van der Waals surface area contributed by atoms with Crippen molar-refractivity contribution in [2.24, 2.45) is 0 Å². The van der Waals surface area contributed by atoms with Crippen LogP contribution in [-0.4, -0.2) is 22.6 Å². The molecule has 1 heterocycles. The van der Waals surface area contributed by atoms with Gasteiger partial charge >= 0.3 is 6.03 Å². The van der Waals surface area contributed by atoms with Gasteiger partial charge in [-0.25, -0.2) is 4.79 Å². The predicted molar refractivity (Wildman–Crippen MR) is 85.1 cm³/mol. The summed E-state index contributed by atoms with van der Waals surface area (Å²) in [5, 5.41) is 23.6. The van der Waals surface area contributed by atoms with Gasteiger partial charge in [-0.2, -0.15) is 0 Å². The molecule has 0 radical (unpaired) electrons. The molecule has 23 heavy (non-hydrogen) atoms. The van der Waals surface area contributed by atoms with Crippen LogP contribution in [0.4, 0.5) is 16.2 Å². The van der Waals surface area contributed by atoms with E-state index in [9.17, 15) is 20.0 Å². The van der Waals surface area contributed by atoms with E-state index in [1.165, 1.54) is 17.0 Å². The van der Waals surface area contributed by atoms with Gasteiger partial charge in [0.05, 0.1) is 21.9 Å². The summed E-state index contributed by atoms with van der Waals surface area (Å²) >= 11 is 0. The van der Waals surface area contributed by atoms with Crippen molar-refractivity contribution in [1.29, 1.82) is 0 Å². The van der Waals surface area contributed by atoms with Crippen LogP contribution in [0.3, 0.4) is 0 Å². The van der Waals surface area contributed by atoms with Gasteiger partial charge in [0.2, 0.25) is 0 Å². The van der Waals surface area contributed by atoms with Crippen molar-refractivity contribution in [3.8, 4) is 5.75 Å². The van der Waals surface area contributed by atoms with Gasteiger partial charge in [-0.05, 0) is 24.3 Å². The van der Waals surface area contributed by atoms with E-state index in [2.05, 4.69) is 5.32 Å². The van der Waals surface area contributed by atoms with Crippen molar-refractivity contribution < 1.29 is 14.8 Å². The van der Waals surface area contributed by atoms with Crippen LogP contribution in [0.2, 0.25) is 0 Å². The Kier molecular flexibility index (Phi) is 3.68. The van der Waals surface area contributed by atoms with E-state index in [-0.39, 0.29) is 18.0 Å². The van der Waals surface area contributed by atoms with Crippen molar-refractivity contribution in [3.05, 3.63) is 70.3 Å². The molecule has 0 unspecified atom stereocenters. The highest BCUT2D eigenvalue weighted by Gasteiger charge is 2.26. The van der Waals surface area contributed by atoms with Crippen molar-refractivity contribution in [1.82, 2.24) is 5.32 Å². The second-order valence-corrected chi connectivity index (χ2v) is 4.92. The average molecular weight is 311 g/mol. The summed E-state index contributed by atoms with van der Waals surface area (Å²) in [5.74, 6) is -0.00908. The lowest BCUT2D eigenvalue weighted by Crippen LogP contribution is -2.43. The quantitative estimate of drug-likeness (QED) is 0.673. The molecule has 116 valence electrons. The molecule has 1 aliphatic heterocycles. The molecule has 0 spiro atoms. The van der Waals surface area contributed by atoms with Gasteiger partial charge in [0.25, 0.3) is 5.69 Å². The molecule has 7 heteroatoms. The first-order valence-electron chi connectivity index (χ1n) is 6.88. The first kappa shape index (κ1) is 14.6. The Morgan fingerprint density at radius 1 is 1.13 bits per heavy atom. The number of nitrogens with zero attached hydrogens (tertiary/aromatic N) is 2. The van der Waals surface area contributed by atoms with Crippen molar-refractivity contribution in [3.63, 3.8) is 0 Å². The standard InChI is InChI=1S/C16H13N3O4/c20-15-8-4-3-7-14(15)18-10-9-12(17-16(18)21)11-5-1-2-6-13(11)19(22)23/h1-9,20H,10H2,(H,17,21). The van der Waals surface area contributed by atoms with Gasteiger partial charge in [-0.1, -0.05) is 24.3 Å². The highest BCUT2D eigenvalue weighted by Crippen LogP contribution is 2.30. The maximum atomic E-state index is 12.3. The molecule has 2 N–H and O–H groups in total. The number of benzene rings is 2. The molecule has 1 aliphatic rings. The molecule has 2 aromatic carbocycles. The normalized spacial score (nSPS) is 14.2. The molecule has 0 fully saturated rings. The number of nitro benzene ring substituents is 1. The number of phenolic OH excluding ortho intramolecular Hbond substituents is 1. The van der Waals surface area contributed by atoms with Crippen LogP contribution in [0.1, 0.15) is 5.56 Å². The zero-order valence-corrected chi connectivity index (χ0v) is 12.0. The lowest BCUT2D eigenvalue weighted by atomic mass is 10.1. The summed E-state index contributed by atoms with van der Waals surface area (Å²) < 4.78 is 0. The predicted octanol–water partition coefficient (Wildman–Crippen LogP) is 2.87. The topological polar surface area (TPSA) is 95.7 Å². The Morgan fingerprint density at radius 3 is 2.52 bits per heavy atom. The molecule has 0 saturated carbocycles. The maximum absolute atomic E-state index is 12.3. The Bertz CT molecular complexity index is 816. The van der Waals surface area contributed by atoms with Crippen molar-refractivity contribution in [2.75, 3.05) is 11.4 Å². The summed E-state index contributed by atoms with van der Waals surface area (Å²) in [6.07, 6.45) is 1.68. The fraction of sp³-hybridized carbons (Fsp3) is 0.0625. The first-order valence-corrected chi connectivity index (χ1v) is 6.88. The molecule has 0 saturated heterocycles. The van der Waals surface area contributed by atoms with Crippen LogP contribution in [0.25, 0.3) is 5.70 Å². The summed E-state index contributed by atoms with van der Waals surface area (Å²) in [6.45, 7) is 0.199. The van der Waals surface area contributed by atoms with Crippen LogP contribution in [-0.2, 0) is 0 Å². The Labute approximate surface area is 131 Å². The fourth-order valence-electron chi connectivity index (χ4n) is 2.44. The number of anilines is 1. The monoisotopic (exact) mass is 311 g/mol. The molecule has 0 bridgehead atoms. The third-order valence-corrected chi connectivity index (χ3v) is 3.53. The number of carbonyl (C=O) groups is 1. The molecule has 2 aromatic rings. The molecule has 7 nitrogen and oxygen atoms in total. The Morgan fingerprint density at radius 2 is 1.83 bits per heavy atom. The summed E-state index contributed by atoms with van der Waals surface area (Å²) in [5.41, 5.74) is 1.04. The third-order valence-electron chi connectivity index (χ3n) is 3.53. The van der Waals surface area contributed by atoms with Crippen LogP contribution in [0.15, 0.2) is 54.6 Å². The fourth-order valence-corrected chi connectivity index (χ4v) is 2.44. The van der Waals surface area contributed by atoms with E-state index in [0.29, 0.717) is 16.9 Å². The minimum Gasteiger partial charge on any atom is -0.506 e. The highest BCUT2D eigenvalue weighted by molar-refractivity contribution is 6.01. The van der Waals surface area contributed by atoms with E-state index in [4.69, 9.17) is 0 Å². The smallest absolute Gasteiger partial charge is 0.326 e. The van der Waals surface area contributed by atoms with E-state index in [0.717, 1.165) is 0 Å². The van der Waals surface area contributed by atoms with Gasteiger partial charge < -0.3 is 10.4 Å². The lowest BCUT2D eigenvalue weighted by Gasteiger charge is -2.27. The second kappa shape index (κ2) is 5.80. The number of amides is 2. The minimum atomic E-state index is -0.488. The third kappa shape index (κ3) is 2.71. The number of urea groups is 1. The molecule has 2 amide bonds. The van der Waals surface area contributed by atoms with Crippen molar-refractivity contribution >= 4 is 23.1 Å². The Balaban J connectivity index is 1.94. The Hall–Kier alpha value is -3.35. The van der Waals surface area contributed by atoms with Crippen LogP contribution in [0, 0.1) is 10.1 Å². The van der Waals surface area contributed by atoms with Gasteiger partial charge in [0.1, 0.15) is 5.75 Å². The number of phenols is 1. The number of nitro groups is 1. The number of rotatable bonds is 3. The van der Waals surface area contributed by atoms with Crippen LogP contribution >= 0.6 is 0 Å². The SMILES string of the molecule is O=C1NC(c2ccccc2[N+](=O)[O-])=CCN1c1ccccc1O. The highest BCUT2D eigenvalue weighted by atomic mass is 16.6. The van der Waals surface area contributed by atoms with Crippen molar-refractivity contribution in [2.45, 2.75) is 0 Å². The zero-order chi connectivity index (χ0) is 16.4. The summed E-state index contributed by atoms with van der Waals surface area (Å²) in [6, 6.07) is 12.2. The maximum Gasteiger partial charge on any atom is 0.326 e. The number of hydrogen-bond donors (Lipinski definition) is 2. The molecular formula is C16H13N3O4. The van der Waals surface area contributed by atoms with Gasteiger partial charge in [-0.15, -0.1) is 0 Å². The molecule has 0 atom stereocenters. The van der Waals surface area contributed by atoms with Crippen LogP contribution < -0.4 is 10.2 Å². The number of hydrogen-bond acceptors (Lipinski definition) is 4. The number of para-hydroxylation sites is 3. The number of aromatic hydroxyl groups is 1. The van der Waals surface area contributed by atoms with E-state index in [1.54, 1.807) is 42.5 Å². The van der Waals surface area contributed by atoms with E-state index < -0.39 is 11.0 Å². The zero-order valence-electron chi connectivity index (χ0n) is 12.0. The minimum absolute atomic E-state index is 0.00908. The second-order valence-electron chi connectivity index (χ2n) is 4.92. The summed E-state index contributed by atoms with van der Waals surface area (Å²) in [7, 11) is 0. The molecule has 0 aromatic heterocycles. The summed E-state index contributed by atoms with van der Waals surface area (Å²) in [4.78, 5) is 24.3.